The molecule has 0 aliphatic carbocycles. The number of hydrogen-bond acceptors (Lipinski definition) is 5. The molecule has 1 amide bonds. The van der Waals surface area contributed by atoms with E-state index in [1.807, 2.05) is 24.3 Å². The molecule has 0 radical (unpaired) electrons. The molecule has 0 bridgehead atoms. The van der Waals surface area contributed by atoms with Crippen molar-refractivity contribution in [2.24, 2.45) is 0 Å². The third-order valence-electron chi connectivity index (χ3n) is 3.97. The smallest absolute Gasteiger partial charge is 0.337 e. The van der Waals surface area contributed by atoms with Crippen LogP contribution in [0.1, 0.15) is 26.3 Å². The van der Waals surface area contributed by atoms with Gasteiger partial charge in [0.25, 0.3) is 5.91 Å². The van der Waals surface area contributed by atoms with Gasteiger partial charge in [-0.1, -0.05) is 23.7 Å². The molecule has 0 saturated heterocycles. The largest absolute Gasteiger partial charge is 0.465 e. The molecule has 0 saturated carbocycles. The lowest BCUT2D eigenvalue weighted by Crippen LogP contribution is -2.13. The van der Waals surface area contributed by atoms with Crippen LogP contribution in [0.3, 0.4) is 0 Å². The van der Waals surface area contributed by atoms with Crippen molar-refractivity contribution in [3.8, 4) is 0 Å². The Bertz CT molecular complexity index is 973. The summed E-state index contributed by atoms with van der Waals surface area (Å²) in [7, 11) is 1.32. The Hall–Kier alpha value is -3.38. The van der Waals surface area contributed by atoms with E-state index in [0.717, 1.165) is 5.56 Å². The molecule has 0 aliphatic heterocycles. The molecule has 28 heavy (non-hydrogen) atoms. The summed E-state index contributed by atoms with van der Waals surface area (Å²) in [5, 5.41) is 6.65. The van der Waals surface area contributed by atoms with Gasteiger partial charge in [-0.2, -0.15) is 0 Å². The van der Waals surface area contributed by atoms with Crippen LogP contribution in [0, 0.1) is 0 Å². The van der Waals surface area contributed by atoms with Crippen molar-refractivity contribution in [2.45, 2.75) is 6.54 Å². The zero-order valence-electron chi connectivity index (χ0n) is 15.1. The normalized spacial score (nSPS) is 10.2. The number of benzene rings is 2. The zero-order valence-corrected chi connectivity index (χ0v) is 15.9. The number of ether oxygens (including phenoxy) is 1. The Labute approximate surface area is 167 Å². The molecule has 0 fully saturated rings. The van der Waals surface area contributed by atoms with Crippen molar-refractivity contribution in [1.29, 1.82) is 0 Å². The van der Waals surface area contributed by atoms with Crippen LogP contribution in [0.15, 0.2) is 66.9 Å². The molecule has 3 rings (SSSR count). The highest BCUT2D eigenvalue weighted by Crippen LogP contribution is 2.15. The summed E-state index contributed by atoms with van der Waals surface area (Å²) in [4.78, 5) is 28.2. The van der Waals surface area contributed by atoms with Gasteiger partial charge < -0.3 is 15.4 Å². The molecule has 0 aliphatic rings. The third kappa shape index (κ3) is 5.08. The second kappa shape index (κ2) is 9.01. The van der Waals surface area contributed by atoms with E-state index >= 15 is 0 Å². The Kier molecular flexibility index (Phi) is 6.24. The van der Waals surface area contributed by atoms with E-state index in [1.165, 1.54) is 7.11 Å². The summed E-state index contributed by atoms with van der Waals surface area (Å²) in [5.74, 6) is -0.116. The van der Waals surface area contributed by atoms with E-state index in [9.17, 15) is 9.59 Å². The lowest BCUT2D eigenvalue weighted by Gasteiger charge is -2.09. The molecule has 3 aromatic rings. The van der Waals surface area contributed by atoms with Gasteiger partial charge in [-0.3, -0.25) is 4.79 Å². The van der Waals surface area contributed by atoms with Gasteiger partial charge in [-0.25, -0.2) is 9.78 Å². The maximum absolute atomic E-state index is 12.5. The number of nitrogens with one attached hydrogen (secondary N) is 2. The molecule has 6 nitrogen and oxygen atoms in total. The van der Waals surface area contributed by atoms with Crippen molar-refractivity contribution in [2.75, 3.05) is 17.7 Å². The van der Waals surface area contributed by atoms with Gasteiger partial charge in [0.1, 0.15) is 5.82 Å². The van der Waals surface area contributed by atoms with Crippen molar-refractivity contribution in [1.82, 2.24) is 4.98 Å². The number of halogens is 1. The van der Waals surface area contributed by atoms with E-state index < -0.39 is 5.97 Å². The van der Waals surface area contributed by atoms with E-state index in [0.29, 0.717) is 34.2 Å². The predicted molar refractivity (Wildman–Crippen MR) is 109 cm³/mol. The Balaban J connectivity index is 1.63. The van der Waals surface area contributed by atoms with Gasteiger partial charge in [0.05, 0.1) is 12.7 Å². The van der Waals surface area contributed by atoms with Crippen molar-refractivity contribution < 1.29 is 14.3 Å². The highest BCUT2D eigenvalue weighted by Gasteiger charge is 2.09. The minimum absolute atomic E-state index is 0.275. The fourth-order valence-electron chi connectivity index (χ4n) is 2.47. The molecule has 2 N–H and O–H groups in total. The van der Waals surface area contributed by atoms with E-state index in [-0.39, 0.29) is 5.91 Å². The maximum atomic E-state index is 12.5. The van der Waals surface area contributed by atoms with Crippen LogP contribution in [0.4, 0.5) is 11.5 Å². The van der Waals surface area contributed by atoms with Crippen LogP contribution >= 0.6 is 11.6 Å². The number of anilines is 2. The van der Waals surface area contributed by atoms with Gasteiger partial charge in [0, 0.05) is 29.0 Å². The summed E-state index contributed by atoms with van der Waals surface area (Å²) in [6, 6.07) is 17.3. The van der Waals surface area contributed by atoms with Crippen LogP contribution in [-0.4, -0.2) is 24.0 Å². The number of amides is 1. The van der Waals surface area contributed by atoms with Crippen LogP contribution < -0.4 is 10.6 Å². The lowest BCUT2D eigenvalue weighted by atomic mass is 10.2. The number of hydrogen-bond donors (Lipinski definition) is 2. The number of carbonyl (C=O) groups is 2. The molecule has 1 aromatic heterocycles. The molecule has 0 unspecified atom stereocenters. The van der Waals surface area contributed by atoms with Crippen molar-refractivity contribution >= 4 is 35.0 Å². The van der Waals surface area contributed by atoms with Crippen LogP contribution in [0.25, 0.3) is 0 Å². The summed E-state index contributed by atoms with van der Waals surface area (Å²) in [6.45, 7) is 0.560. The Morgan fingerprint density at radius 1 is 1.00 bits per heavy atom. The first-order valence-corrected chi connectivity index (χ1v) is 8.87. The quantitative estimate of drug-likeness (QED) is 0.605. The molecule has 1 heterocycles. The van der Waals surface area contributed by atoms with Crippen molar-refractivity contribution in [3.63, 3.8) is 0 Å². The topological polar surface area (TPSA) is 80.3 Å². The summed E-state index contributed by atoms with van der Waals surface area (Å²) in [6.07, 6.45) is 1.57. The zero-order chi connectivity index (χ0) is 19.9. The first kappa shape index (κ1) is 19.4. The second-order valence-electron chi connectivity index (χ2n) is 5.93. The predicted octanol–water partition coefficient (Wildman–Crippen LogP) is 4.39. The van der Waals surface area contributed by atoms with Gasteiger partial charge in [-0.15, -0.1) is 0 Å². The number of carbonyl (C=O) groups excluding carboxylic acids is 2. The molecule has 142 valence electrons. The molecular formula is C21H18ClN3O3. The second-order valence-corrected chi connectivity index (χ2v) is 6.37. The first-order valence-electron chi connectivity index (χ1n) is 8.49. The molecule has 2 aromatic carbocycles. The average Bonchev–Trinajstić information content (AvgIpc) is 2.73. The number of nitrogens with zero attached hydrogens (tertiary/aromatic N) is 1. The monoisotopic (exact) mass is 395 g/mol. The fraction of sp³-hybridized carbons (Fsp3) is 0.0952. The van der Waals surface area contributed by atoms with E-state index in [1.54, 1.807) is 42.6 Å². The minimum Gasteiger partial charge on any atom is -0.465 e. The number of esters is 1. The van der Waals surface area contributed by atoms with Gasteiger partial charge in [0.2, 0.25) is 0 Å². The van der Waals surface area contributed by atoms with E-state index in [2.05, 4.69) is 20.4 Å². The Morgan fingerprint density at radius 2 is 1.71 bits per heavy atom. The molecule has 0 spiro atoms. The molecular weight excluding hydrogens is 378 g/mol. The first-order chi connectivity index (χ1) is 13.5. The summed E-state index contributed by atoms with van der Waals surface area (Å²) < 4.78 is 4.65. The van der Waals surface area contributed by atoms with Crippen LogP contribution in [0.5, 0.6) is 0 Å². The van der Waals surface area contributed by atoms with Crippen LogP contribution in [0.2, 0.25) is 5.02 Å². The van der Waals surface area contributed by atoms with Crippen molar-refractivity contribution in [3.05, 3.63) is 88.6 Å². The number of pyridine rings is 1. The standard InChI is InChI=1S/C21H18ClN3O3/c1-28-21(27)15-4-8-18(9-5-15)25-20(26)16-10-11-23-19(12-16)24-13-14-2-6-17(22)7-3-14/h2-12H,13H2,1H3,(H,23,24)(H,25,26). The molecule has 0 atom stereocenters. The Morgan fingerprint density at radius 3 is 2.39 bits per heavy atom. The number of rotatable bonds is 6. The van der Waals surface area contributed by atoms with E-state index in [4.69, 9.17) is 11.6 Å². The number of aromatic nitrogens is 1. The fourth-order valence-corrected chi connectivity index (χ4v) is 2.60. The molecule has 7 heteroatoms. The number of methoxy groups -OCH3 is 1. The minimum atomic E-state index is -0.427. The van der Waals surface area contributed by atoms with Gasteiger partial charge in [-0.05, 0) is 54.1 Å². The van der Waals surface area contributed by atoms with Crippen LogP contribution in [-0.2, 0) is 11.3 Å². The highest BCUT2D eigenvalue weighted by atomic mass is 35.5. The highest BCUT2D eigenvalue weighted by molar-refractivity contribution is 6.30. The SMILES string of the molecule is COC(=O)c1ccc(NC(=O)c2ccnc(NCc3ccc(Cl)cc3)c2)cc1. The van der Waals surface area contributed by atoms with Gasteiger partial charge in [0.15, 0.2) is 0 Å². The summed E-state index contributed by atoms with van der Waals surface area (Å²) in [5.41, 5.74) is 2.50. The average molecular weight is 396 g/mol. The summed E-state index contributed by atoms with van der Waals surface area (Å²) >= 11 is 5.88. The van der Waals surface area contributed by atoms with Gasteiger partial charge >= 0.3 is 5.97 Å². The third-order valence-corrected chi connectivity index (χ3v) is 4.22. The lowest BCUT2D eigenvalue weighted by molar-refractivity contribution is 0.0600. The maximum Gasteiger partial charge on any atom is 0.337 e.